The molecule has 1 amide bonds. The highest BCUT2D eigenvalue weighted by Crippen LogP contribution is 2.18. The van der Waals surface area contributed by atoms with Crippen molar-refractivity contribution in [2.24, 2.45) is 5.73 Å². The molecule has 0 spiro atoms. The molecular weight excluding hydrogens is 228 g/mol. The summed E-state index contributed by atoms with van der Waals surface area (Å²) in [5, 5.41) is 0. The number of nitrogens with two attached hydrogens (primary N) is 1. The van der Waals surface area contributed by atoms with E-state index in [2.05, 4.69) is 0 Å². The minimum Gasteiger partial charge on any atom is -0.375 e. The third kappa shape index (κ3) is 2.71. The van der Waals surface area contributed by atoms with E-state index in [4.69, 9.17) is 10.5 Å². The molecule has 1 unspecified atom stereocenters. The van der Waals surface area contributed by atoms with E-state index in [1.807, 2.05) is 36.1 Å². The van der Waals surface area contributed by atoms with Gasteiger partial charge in [-0.25, -0.2) is 0 Å². The van der Waals surface area contributed by atoms with Crippen LogP contribution in [0.1, 0.15) is 22.8 Å². The van der Waals surface area contributed by atoms with Gasteiger partial charge in [0, 0.05) is 31.8 Å². The first-order valence-corrected chi connectivity index (χ1v) is 6.45. The summed E-state index contributed by atoms with van der Waals surface area (Å²) in [6.45, 7) is 4.34. The summed E-state index contributed by atoms with van der Waals surface area (Å²) in [5.74, 6) is 0.0926. The molecule has 0 saturated heterocycles. The molecule has 4 heteroatoms. The largest absolute Gasteiger partial charge is 0.375 e. The summed E-state index contributed by atoms with van der Waals surface area (Å²) in [7, 11) is 0. The van der Waals surface area contributed by atoms with Crippen molar-refractivity contribution < 1.29 is 9.53 Å². The van der Waals surface area contributed by atoms with Crippen LogP contribution in [0.25, 0.3) is 0 Å². The second-order valence-electron chi connectivity index (χ2n) is 4.47. The van der Waals surface area contributed by atoms with Crippen molar-refractivity contribution in [2.75, 3.05) is 26.2 Å². The molecule has 0 aliphatic carbocycles. The van der Waals surface area contributed by atoms with Crippen LogP contribution in [-0.4, -0.2) is 43.2 Å². The van der Waals surface area contributed by atoms with Crippen molar-refractivity contribution >= 4 is 5.91 Å². The number of ether oxygens (including phenoxy) is 1. The SMILES string of the molecule is CCOC(CN)CN1CCc2ccccc2C1=O. The molecule has 98 valence electrons. The molecule has 4 nitrogen and oxygen atoms in total. The second kappa shape index (κ2) is 5.98. The fourth-order valence-corrected chi connectivity index (χ4v) is 2.33. The Balaban J connectivity index is 2.07. The Morgan fingerprint density at radius 2 is 2.22 bits per heavy atom. The van der Waals surface area contributed by atoms with E-state index in [0.29, 0.717) is 19.7 Å². The molecule has 0 saturated carbocycles. The smallest absolute Gasteiger partial charge is 0.254 e. The molecule has 0 bridgehead atoms. The third-order valence-corrected chi connectivity index (χ3v) is 3.28. The van der Waals surface area contributed by atoms with Gasteiger partial charge >= 0.3 is 0 Å². The van der Waals surface area contributed by atoms with Crippen LogP contribution in [0, 0.1) is 0 Å². The molecule has 0 aromatic heterocycles. The fraction of sp³-hybridized carbons (Fsp3) is 0.500. The Morgan fingerprint density at radius 3 is 2.94 bits per heavy atom. The summed E-state index contributed by atoms with van der Waals surface area (Å²) < 4.78 is 5.51. The third-order valence-electron chi connectivity index (χ3n) is 3.28. The van der Waals surface area contributed by atoms with E-state index in [1.165, 1.54) is 0 Å². The lowest BCUT2D eigenvalue weighted by atomic mass is 9.99. The number of amides is 1. The zero-order valence-electron chi connectivity index (χ0n) is 10.8. The van der Waals surface area contributed by atoms with Crippen molar-refractivity contribution in [2.45, 2.75) is 19.4 Å². The van der Waals surface area contributed by atoms with Gasteiger partial charge in [0.05, 0.1) is 6.10 Å². The van der Waals surface area contributed by atoms with Gasteiger partial charge in [-0.2, -0.15) is 0 Å². The maximum absolute atomic E-state index is 12.3. The Bertz CT molecular complexity index is 420. The summed E-state index contributed by atoms with van der Waals surface area (Å²) in [5.41, 5.74) is 7.61. The number of benzene rings is 1. The van der Waals surface area contributed by atoms with E-state index in [1.54, 1.807) is 0 Å². The van der Waals surface area contributed by atoms with Gasteiger partial charge in [0.2, 0.25) is 0 Å². The number of carbonyl (C=O) groups excluding carboxylic acids is 1. The van der Waals surface area contributed by atoms with Gasteiger partial charge in [-0.3, -0.25) is 4.79 Å². The molecule has 2 N–H and O–H groups in total. The van der Waals surface area contributed by atoms with Crippen molar-refractivity contribution in [3.05, 3.63) is 35.4 Å². The first kappa shape index (κ1) is 13.1. The van der Waals surface area contributed by atoms with Crippen molar-refractivity contribution in [3.8, 4) is 0 Å². The first-order valence-electron chi connectivity index (χ1n) is 6.45. The predicted molar refractivity (Wildman–Crippen MR) is 70.5 cm³/mol. The van der Waals surface area contributed by atoms with Crippen LogP contribution < -0.4 is 5.73 Å². The summed E-state index contributed by atoms with van der Waals surface area (Å²) in [6.07, 6.45) is 0.843. The number of hydrogen-bond acceptors (Lipinski definition) is 3. The number of hydrogen-bond donors (Lipinski definition) is 1. The van der Waals surface area contributed by atoms with E-state index >= 15 is 0 Å². The predicted octanol–water partition coefficient (Wildman–Crippen LogP) is 1.05. The van der Waals surface area contributed by atoms with Crippen LogP contribution >= 0.6 is 0 Å². The van der Waals surface area contributed by atoms with Crippen LogP contribution in [0.15, 0.2) is 24.3 Å². The Hall–Kier alpha value is -1.39. The molecular formula is C14H20N2O2. The highest BCUT2D eigenvalue weighted by atomic mass is 16.5. The monoisotopic (exact) mass is 248 g/mol. The Kier molecular flexibility index (Phi) is 4.33. The van der Waals surface area contributed by atoms with Crippen LogP contribution in [0.5, 0.6) is 0 Å². The molecule has 1 heterocycles. The molecule has 1 aliphatic rings. The van der Waals surface area contributed by atoms with E-state index < -0.39 is 0 Å². The van der Waals surface area contributed by atoms with E-state index in [0.717, 1.165) is 24.1 Å². The van der Waals surface area contributed by atoms with Gasteiger partial charge in [0.15, 0.2) is 0 Å². The normalized spacial score (nSPS) is 16.6. The lowest BCUT2D eigenvalue weighted by molar-refractivity contribution is 0.0326. The van der Waals surface area contributed by atoms with Crippen molar-refractivity contribution in [1.82, 2.24) is 4.90 Å². The summed E-state index contributed by atoms with van der Waals surface area (Å²) in [6, 6.07) is 7.79. The lowest BCUT2D eigenvalue weighted by Gasteiger charge is -2.31. The maximum atomic E-state index is 12.3. The zero-order valence-corrected chi connectivity index (χ0v) is 10.8. The quantitative estimate of drug-likeness (QED) is 0.847. The van der Waals surface area contributed by atoms with Crippen LogP contribution in [0.3, 0.4) is 0 Å². The first-order chi connectivity index (χ1) is 8.76. The molecule has 1 atom stereocenters. The van der Waals surface area contributed by atoms with Gasteiger partial charge in [0.1, 0.15) is 0 Å². The number of nitrogens with zero attached hydrogens (tertiary/aromatic N) is 1. The highest BCUT2D eigenvalue weighted by molar-refractivity contribution is 5.96. The average molecular weight is 248 g/mol. The number of carbonyl (C=O) groups is 1. The number of rotatable bonds is 5. The van der Waals surface area contributed by atoms with Gasteiger partial charge in [-0.05, 0) is 25.0 Å². The van der Waals surface area contributed by atoms with Gasteiger partial charge in [-0.1, -0.05) is 18.2 Å². The van der Waals surface area contributed by atoms with Crippen molar-refractivity contribution in [1.29, 1.82) is 0 Å². The van der Waals surface area contributed by atoms with Gasteiger partial charge < -0.3 is 15.4 Å². The fourth-order valence-electron chi connectivity index (χ4n) is 2.33. The van der Waals surface area contributed by atoms with E-state index in [-0.39, 0.29) is 12.0 Å². The topological polar surface area (TPSA) is 55.6 Å². The summed E-state index contributed by atoms with van der Waals surface area (Å²) >= 11 is 0. The average Bonchev–Trinajstić information content (AvgIpc) is 2.41. The molecule has 1 aromatic carbocycles. The molecule has 18 heavy (non-hydrogen) atoms. The summed E-state index contributed by atoms with van der Waals surface area (Å²) in [4.78, 5) is 14.1. The highest BCUT2D eigenvalue weighted by Gasteiger charge is 2.25. The minimum absolute atomic E-state index is 0.0655. The van der Waals surface area contributed by atoms with Gasteiger partial charge in [0.25, 0.3) is 5.91 Å². The molecule has 1 aromatic rings. The van der Waals surface area contributed by atoms with Crippen LogP contribution in [0.4, 0.5) is 0 Å². The zero-order chi connectivity index (χ0) is 13.0. The number of fused-ring (bicyclic) bond motifs is 1. The molecule has 0 radical (unpaired) electrons. The Morgan fingerprint density at radius 1 is 1.44 bits per heavy atom. The molecule has 2 rings (SSSR count). The lowest BCUT2D eigenvalue weighted by Crippen LogP contribution is -2.45. The Labute approximate surface area is 108 Å². The van der Waals surface area contributed by atoms with Crippen LogP contribution in [0.2, 0.25) is 0 Å². The minimum atomic E-state index is -0.0655. The second-order valence-corrected chi connectivity index (χ2v) is 4.47. The van der Waals surface area contributed by atoms with E-state index in [9.17, 15) is 4.79 Å². The standard InChI is InChI=1S/C14H20N2O2/c1-2-18-12(9-15)10-16-8-7-11-5-3-4-6-13(11)14(16)17/h3-6,12H,2,7-10,15H2,1H3. The maximum Gasteiger partial charge on any atom is 0.254 e. The van der Waals surface area contributed by atoms with Crippen LogP contribution in [-0.2, 0) is 11.2 Å². The van der Waals surface area contributed by atoms with Crippen molar-refractivity contribution in [3.63, 3.8) is 0 Å². The molecule has 0 fully saturated rings. The van der Waals surface area contributed by atoms with Gasteiger partial charge in [-0.15, -0.1) is 0 Å². The molecule has 1 aliphatic heterocycles.